The van der Waals surface area contributed by atoms with Crippen molar-refractivity contribution in [1.29, 1.82) is 0 Å². The Morgan fingerprint density at radius 1 is 1.09 bits per heavy atom. The summed E-state index contributed by atoms with van der Waals surface area (Å²) in [5, 5.41) is 13.2. The van der Waals surface area contributed by atoms with Crippen LogP contribution in [0, 0.1) is 0 Å². The molecule has 22 heavy (non-hydrogen) atoms. The van der Waals surface area contributed by atoms with Gasteiger partial charge in [0.05, 0.1) is 19.3 Å². The number of hydrogen-bond donors (Lipinski definition) is 2. The van der Waals surface area contributed by atoms with Crippen molar-refractivity contribution < 1.29 is 14.6 Å². The molecule has 118 valence electrons. The summed E-state index contributed by atoms with van der Waals surface area (Å²) >= 11 is 0. The minimum atomic E-state index is -0.291. The van der Waals surface area contributed by atoms with Crippen molar-refractivity contribution in [2.45, 2.75) is 19.0 Å². The highest BCUT2D eigenvalue weighted by Gasteiger charge is 2.25. The van der Waals surface area contributed by atoms with Gasteiger partial charge in [-0.05, 0) is 30.2 Å². The Hall–Kier alpha value is -2.04. The van der Waals surface area contributed by atoms with Crippen LogP contribution in [0.4, 0.5) is 0 Å². The molecule has 2 N–H and O–H groups in total. The number of nitrogens with one attached hydrogen (secondary N) is 1. The van der Waals surface area contributed by atoms with Crippen LogP contribution in [0.1, 0.15) is 18.1 Å². The van der Waals surface area contributed by atoms with Gasteiger partial charge >= 0.3 is 0 Å². The second kappa shape index (κ2) is 7.29. The zero-order chi connectivity index (χ0) is 16.0. The summed E-state index contributed by atoms with van der Waals surface area (Å²) in [5.74, 6) is 0.626. The molecule has 0 saturated heterocycles. The third kappa shape index (κ3) is 3.78. The molecule has 0 saturated carbocycles. The van der Waals surface area contributed by atoms with Crippen LogP contribution in [0.15, 0.2) is 48.5 Å². The predicted molar refractivity (Wildman–Crippen MR) is 87.2 cm³/mol. The monoisotopic (exact) mass is 301 g/mol. The highest BCUT2D eigenvalue weighted by Crippen LogP contribution is 2.27. The molecule has 0 aliphatic rings. The molecule has 0 amide bonds. The maximum absolute atomic E-state index is 9.66. The van der Waals surface area contributed by atoms with Gasteiger partial charge in [0, 0.05) is 13.7 Å². The molecule has 0 aliphatic carbocycles. The van der Waals surface area contributed by atoms with Crippen LogP contribution in [0.5, 0.6) is 11.5 Å². The highest BCUT2D eigenvalue weighted by molar-refractivity contribution is 5.41. The summed E-state index contributed by atoms with van der Waals surface area (Å²) in [5.41, 5.74) is 1.91. The van der Waals surface area contributed by atoms with Crippen molar-refractivity contribution >= 4 is 0 Å². The van der Waals surface area contributed by atoms with Crippen LogP contribution in [0.25, 0.3) is 0 Å². The van der Waals surface area contributed by atoms with E-state index in [4.69, 9.17) is 9.47 Å². The zero-order valence-corrected chi connectivity index (χ0v) is 13.3. The number of ether oxygens (including phenoxy) is 2. The number of rotatable bonds is 7. The molecule has 4 heteroatoms. The number of phenolic OH excluding ortho intramolecular Hbond substituents is 1. The molecule has 2 aromatic carbocycles. The topological polar surface area (TPSA) is 50.7 Å². The van der Waals surface area contributed by atoms with E-state index >= 15 is 0 Å². The minimum Gasteiger partial charge on any atom is -0.504 e. The average Bonchev–Trinajstić information content (AvgIpc) is 2.55. The first kappa shape index (κ1) is 16.3. The minimum absolute atomic E-state index is 0.147. The number of phenols is 1. The van der Waals surface area contributed by atoms with Gasteiger partial charge in [-0.3, -0.25) is 0 Å². The molecule has 0 bridgehead atoms. The summed E-state index contributed by atoms with van der Waals surface area (Å²) in [6, 6.07) is 15.6. The molecular weight excluding hydrogens is 278 g/mol. The molecule has 0 aliphatic heterocycles. The summed E-state index contributed by atoms with van der Waals surface area (Å²) in [7, 11) is 3.25. The first-order chi connectivity index (χ1) is 10.6. The van der Waals surface area contributed by atoms with E-state index in [-0.39, 0.29) is 11.3 Å². The van der Waals surface area contributed by atoms with E-state index < -0.39 is 0 Å². The molecule has 0 spiro atoms. The van der Waals surface area contributed by atoms with Gasteiger partial charge in [0.25, 0.3) is 0 Å². The van der Waals surface area contributed by atoms with Gasteiger partial charge in [0.15, 0.2) is 11.5 Å². The molecule has 0 fully saturated rings. The van der Waals surface area contributed by atoms with Crippen LogP contribution in [-0.2, 0) is 16.8 Å². The largest absolute Gasteiger partial charge is 0.504 e. The van der Waals surface area contributed by atoms with E-state index in [0.717, 1.165) is 5.56 Å². The van der Waals surface area contributed by atoms with Crippen LogP contribution < -0.4 is 10.1 Å². The van der Waals surface area contributed by atoms with Crippen molar-refractivity contribution in [2.24, 2.45) is 0 Å². The summed E-state index contributed by atoms with van der Waals surface area (Å²) in [4.78, 5) is 0. The van der Waals surface area contributed by atoms with E-state index in [1.54, 1.807) is 20.3 Å². The first-order valence-corrected chi connectivity index (χ1v) is 7.24. The van der Waals surface area contributed by atoms with E-state index in [2.05, 4.69) is 24.4 Å². The molecule has 0 aromatic heterocycles. The van der Waals surface area contributed by atoms with Gasteiger partial charge in [0.1, 0.15) is 0 Å². The Balaban J connectivity index is 2.15. The molecule has 0 radical (unpaired) electrons. The van der Waals surface area contributed by atoms with E-state index in [0.29, 0.717) is 18.9 Å². The van der Waals surface area contributed by atoms with Gasteiger partial charge in [-0.2, -0.15) is 0 Å². The molecule has 4 nitrogen and oxygen atoms in total. The number of hydrogen-bond acceptors (Lipinski definition) is 4. The lowest BCUT2D eigenvalue weighted by atomic mass is 9.92. The fourth-order valence-electron chi connectivity index (χ4n) is 2.46. The lowest BCUT2D eigenvalue weighted by Gasteiger charge is -2.31. The molecule has 2 rings (SSSR count). The van der Waals surface area contributed by atoms with Gasteiger partial charge in [-0.15, -0.1) is 0 Å². The van der Waals surface area contributed by atoms with Crippen molar-refractivity contribution in [3.63, 3.8) is 0 Å². The molecule has 0 heterocycles. The Bertz CT molecular complexity index is 601. The number of aromatic hydroxyl groups is 1. The van der Waals surface area contributed by atoms with Crippen molar-refractivity contribution in [2.75, 3.05) is 20.8 Å². The fourth-order valence-corrected chi connectivity index (χ4v) is 2.46. The second-order valence-corrected chi connectivity index (χ2v) is 5.49. The summed E-state index contributed by atoms with van der Waals surface area (Å²) in [6.45, 7) is 3.32. The highest BCUT2D eigenvalue weighted by atomic mass is 16.5. The van der Waals surface area contributed by atoms with Crippen LogP contribution in [-0.4, -0.2) is 25.9 Å². The van der Waals surface area contributed by atoms with Gasteiger partial charge in [0.2, 0.25) is 0 Å². The molecule has 1 atom stereocenters. The van der Waals surface area contributed by atoms with E-state index in [9.17, 15) is 5.11 Å². The molecular formula is C18H23NO3. The number of methoxy groups -OCH3 is 2. The summed E-state index contributed by atoms with van der Waals surface area (Å²) < 4.78 is 10.5. The second-order valence-electron chi connectivity index (χ2n) is 5.49. The summed E-state index contributed by atoms with van der Waals surface area (Å²) in [6.07, 6.45) is 0. The third-order valence-electron chi connectivity index (χ3n) is 3.77. The van der Waals surface area contributed by atoms with Crippen molar-refractivity contribution in [1.82, 2.24) is 5.32 Å². The zero-order valence-electron chi connectivity index (χ0n) is 13.3. The SMILES string of the molecule is COC[C@](C)(NCc1ccc(O)c(OC)c1)c1ccccc1. The fraction of sp³-hybridized carbons (Fsp3) is 0.333. The predicted octanol–water partition coefficient (Wildman–Crippen LogP) is 3.05. The normalized spacial score (nSPS) is 13.6. The quantitative estimate of drug-likeness (QED) is 0.825. The van der Waals surface area contributed by atoms with E-state index in [1.165, 1.54) is 5.56 Å². The van der Waals surface area contributed by atoms with Crippen molar-refractivity contribution in [3.05, 3.63) is 59.7 Å². The lowest BCUT2D eigenvalue weighted by molar-refractivity contribution is 0.117. The van der Waals surface area contributed by atoms with Crippen LogP contribution in [0.2, 0.25) is 0 Å². The first-order valence-electron chi connectivity index (χ1n) is 7.24. The molecule has 0 unspecified atom stereocenters. The number of benzene rings is 2. The maximum atomic E-state index is 9.66. The smallest absolute Gasteiger partial charge is 0.160 e. The van der Waals surface area contributed by atoms with Gasteiger partial charge in [-0.1, -0.05) is 36.4 Å². The maximum Gasteiger partial charge on any atom is 0.160 e. The average molecular weight is 301 g/mol. The van der Waals surface area contributed by atoms with Crippen molar-refractivity contribution in [3.8, 4) is 11.5 Å². The molecule has 2 aromatic rings. The van der Waals surface area contributed by atoms with Crippen LogP contribution >= 0.6 is 0 Å². The Kier molecular flexibility index (Phi) is 5.41. The third-order valence-corrected chi connectivity index (χ3v) is 3.77. The Morgan fingerprint density at radius 3 is 2.45 bits per heavy atom. The van der Waals surface area contributed by atoms with Gasteiger partial charge < -0.3 is 19.9 Å². The van der Waals surface area contributed by atoms with E-state index in [1.807, 2.05) is 30.3 Å². The standard InChI is InChI=1S/C18H23NO3/c1-18(13-21-2,15-7-5-4-6-8-15)19-12-14-9-10-16(20)17(11-14)22-3/h4-11,19-20H,12-13H2,1-3H3/t18-/m0/s1. The lowest BCUT2D eigenvalue weighted by Crippen LogP contribution is -2.43. The van der Waals surface area contributed by atoms with Gasteiger partial charge in [-0.25, -0.2) is 0 Å². The Labute approximate surface area is 131 Å². The Morgan fingerprint density at radius 2 is 1.82 bits per heavy atom. The van der Waals surface area contributed by atoms with Crippen LogP contribution in [0.3, 0.4) is 0 Å².